The van der Waals surface area contributed by atoms with E-state index in [0.29, 0.717) is 42.6 Å². The van der Waals surface area contributed by atoms with Gasteiger partial charge in [0.15, 0.2) is 0 Å². The van der Waals surface area contributed by atoms with Crippen LogP contribution in [0.25, 0.3) is 21.8 Å². The molecule has 7 nitrogen and oxygen atoms in total. The van der Waals surface area contributed by atoms with Gasteiger partial charge in [-0.3, -0.25) is 14.9 Å². The normalized spacial score (nSPS) is 10.5. The molecule has 0 bridgehead atoms. The van der Waals surface area contributed by atoms with Crippen molar-refractivity contribution in [3.8, 4) is 0 Å². The fourth-order valence-electron chi connectivity index (χ4n) is 3.02. The van der Waals surface area contributed by atoms with Gasteiger partial charge < -0.3 is 10.1 Å². The van der Waals surface area contributed by atoms with Gasteiger partial charge in [-0.1, -0.05) is 31.2 Å². The van der Waals surface area contributed by atoms with Gasteiger partial charge in [-0.25, -0.2) is 4.98 Å². The molecule has 0 fully saturated rings. The molecule has 148 valence electrons. The summed E-state index contributed by atoms with van der Waals surface area (Å²) in [6.45, 7) is 4.46. The third-order valence-corrected chi connectivity index (χ3v) is 4.38. The van der Waals surface area contributed by atoms with Gasteiger partial charge in [0.05, 0.1) is 28.3 Å². The van der Waals surface area contributed by atoms with E-state index < -0.39 is 0 Å². The minimum Gasteiger partial charge on any atom is -0.466 e. The fourth-order valence-corrected chi connectivity index (χ4v) is 3.02. The number of benzene rings is 2. The van der Waals surface area contributed by atoms with Crippen LogP contribution >= 0.6 is 12.4 Å². The lowest BCUT2D eigenvalue weighted by Crippen LogP contribution is -2.10. The summed E-state index contributed by atoms with van der Waals surface area (Å²) >= 11 is 0. The highest BCUT2D eigenvalue weighted by Gasteiger charge is 2.20. The Morgan fingerprint density at radius 3 is 2.71 bits per heavy atom. The number of rotatable bonds is 7. The number of nitro groups is 1. The van der Waals surface area contributed by atoms with E-state index in [2.05, 4.69) is 10.3 Å². The fraction of sp³-hybridized carbons (Fsp3) is 0.300. The molecule has 1 N–H and O–H groups in total. The summed E-state index contributed by atoms with van der Waals surface area (Å²) < 4.78 is 5.09. The quantitative estimate of drug-likeness (QED) is 0.200. The number of aromatic nitrogens is 1. The van der Waals surface area contributed by atoms with Crippen LogP contribution in [0.4, 0.5) is 11.4 Å². The summed E-state index contributed by atoms with van der Waals surface area (Å²) in [4.78, 5) is 27.1. The summed E-state index contributed by atoms with van der Waals surface area (Å²) in [6.07, 6.45) is 0.946. The van der Waals surface area contributed by atoms with Crippen LogP contribution in [-0.2, 0) is 9.53 Å². The molecule has 3 rings (SSSR count). The van der Waals surface area contributed by atoms with E-state index in [1.54, 1.807) is 13.0 Å². The minimum absolute atomic E-state index is 0. The summed E-state index contributed by atoms with van der Waals surface area (Å²) in [5.74, 6) is -0.235. The monoisotopic (exact) mass is 403 g/mol. The van der Waals surface area contributed by atoms with Crippen molar-refractivity contribution in [2.24, 2.45) is 0 Å². The van der Waals surface area contributed by atoms with Gasteiger partial charge >= 0.3 is 5.97 Å². The second-order valence-electron chi connectivity index (χ2n) is 6.24. The van der Waals surface area contributed by atoms with Crippen LogP contribution in [0.15, 0.2) is 36.4 Å². The van der Waals surface area contributed by atoms with Crippen LogP contribution in [0.5, 0.6) is 0 Å². The lowest BCUT2D eigenvalue weighted by atomic mass is 10.0. The zero-order chi connectivity index (χ0) is 19.4. The molecule has 2 aromatic carbocycles. The van der Waals surface area contributed by atoms with Crippen molar-refractivity contribution in [1.29, 1.82) is 0 Å². The average Bonchev–Trinajstić information content (AvgIpc) is 2.67. The van der Waals surface area contributed by atoms with E-state index in [0.717, 1.165) is 16.5 Å². The second-order valence-corrected chi connectivity index (χ2v) is 6.24. The van der Waals surface area contributed by atoms with Crippen molar-refractivity contribution in [2.45, 2.75) is 26.7 Å². The molecule has 0 atom stereocenters. The van der Waals surface area contributed by atoms with Crippen LogP contribution in [0.2, 0.25) is 0 Å². The molecule has 0 amide bonds. The highest BCUT2D eigenvalue weighted by atomic mass is 35.5. The molecular formula is C20H22ClN3O4. The number of halogens is 1. The highest BCUT2D eigenvalue weighted by Crippen LogP contribution is 2.37. The van der Waals surface area contributed by atoms with Crippen molar-refractivity contribution >= 4 is 51.6 Å². The third kappa shape index (κ3) is 4.31. The molecule has 1 aromatic heterocycles. The number of hydrogen-bond acceptors (Lipinski definition) is 6. The maximum atomic E-state index is 11.6. The van der Waals surface area contributed by atoms with E-state index in [1.807, 2.05) is 31.2 Å². The Morgan fingerprint density at radius 2 is 2.00 bits per heavy atom. The zero-order valence-electron chi connectivity index (χ0n) is 15.7. The molecule has 1 heterocycles. The number of aryl methyl sites for hydroxylation is 1. The van der Waals surface area contributed by atoms with Crippen LogP contribution < -0.4 is 5.32 Å². The van der Waals surface area contributed by atoms with Crippen molar-refractivity contribution in [1.82, 2.24) is 4.98 Å². The largest absolute Gasteiger partial charge is 0.466 e. The number of nitrogens with one attached hydrogen (secondary N) is 1. The topological polar surface area (TPSA) is 94.4 Å². The molecular weight excluding hydrogens is 382 g/mol. The standard InChI is InChI=1S/C20H21N3O4.ClH/c1-3-17(24)27-12-6-11-21-20-14-7-4-5-8-15(14)22-19-13(2)9-10-16(18(19)20)23(25)26;/h4-5,7-10H,3,6,11-12H2,1-2H3,(H,21,22);1H. The molecule has 0 radical (unpaired) electrons. The van der Waals surface area contributed by atoms with Crippen LogP contribution in [0.3, 0.4) is 0 Å². The lowest BCUT2D eigenvalue weighted by molar-refractivity contribution is -0.383. The number of non-ortho nitro benzene ring substituents is 1. The van der Waals surface area contributed by atoms with E-state index in [9.17, 15) is 14.9 Å². The van der Waals surface area contributed by atoms with Gasteiger partial charge in [-0.15, -0.1) is 12.4 Å². The summed E-state index contributed by atoms with van der Waals surface area (Å²) in [5, 5.41) is 16.2. The van der Waals surface area contributed by atoms with Gasteiger partial charge in [0.25, 0.3) is 5.69 Å². The maximum Gasteiger partial charge on any atom is 0.305 e. The Bertz CT molecular complexity index is 1020. The van der Waals surface area contributed by atoms with Gasteiger partial charge in [-0.05, 0) is 25.0 Å². The van der Waals surface area contributed by atoms with Crippen molar-refractivity contribution in [2.75, 3.05) is 18.5 Å². The van der Waals surface area contributed by atoms with Crippen LogP contribution in [-0.4, -0.2) is 29.0 Å². The summed E-state index contributed by atoms with van der Waals surface area (Å²) in [6, 6.07) is 10.8. The molecule has 0 aliphatic carbocycles. The number of carbonyl (C=O) groups excluding carboxylic acids is 1. The highest BCUT2D eigenvalue weighted by molar-refractivity contribution is 6.11. The van der Waals surface area contributed by atoms with E-state index in [4.69, 9.17) is 4.74 Å². The number of nitro benzene ring substituents is 1. The number of ether oxygens (including phenoxy) is 1. The molecule has 8 heteroatoms. The lowest BCUT2D eigenvalue weighted by Gasteiger charge is -2.14. The first-order valence-electron chi connectivity index (χ1n) is 8.89. The third-order valence-electron chi connectivity index (χ3n) is 4.38. The van der Waals surface area contributed by atoms with Gasteiger partial charge in [-0.2, -0.15) is 0 Å². The smallest absolute Gasteiger partial charge is 0.305 e. The summed E-state index contributed by atoms with van der Waals surface area (Å²) in [5.41, 5.74) is 2.97. The summed E-state index contributed by atoms with van der Waals surface area (Å²) in [7, 11) is 0. The van der Waals surface area contributed by atoms with Crippen molar-refractivity contribution in [3.63, 3.8) is 0 Å². The van der Waals surface area contributed by atoms with Gasteiger partial charge in [0, 0.05) is 24.4 Å². The van der Waals surface area contributed by atoms with Crippen molar-refractivity contribution < 1.29 is 14.5 Å². The molecule has 0 unspecified atom stereocenters. The SMILES string of the molecule is CCC(=O)OCCCNc1c2ccccc2nc2c(C)ccc([N+](=O)[O-])c12.Cl. The number of anilines is 1. The number of hydrogen-bond donors (Lipinski definition) is 1. The Hall–Kier alpha value is -2.93. The Morgan fingerprint density at radius 1 is 1.25 bits per heavy atom. The predicted octanol–water partition coefficient (Wildman–Crippen LogP) is 4.78. The predicted molar refractivity (Wildman–Crippen MR) is 112 cm³/mol. The first-order chi connectivity index (χ1) is 13.0. The number of para-hydroxylation sites is 1. The number of fused-ring (bicyclic) bond motifs is 2. The Labute approximate surface area is 168 Å². The first-order valence-corrected chi connectivity index (χ1v) is 8.89. The van der Waals surface area contributed by atoms with E-state index in [-0.39, 0.29) is 29.0 Å². The Kier molecular flexibility index (Phi) is 7.12. The number of carbonyl (C=O) groups is 1. The molecule has 0 spiro atoms. The molecule has 3 aromatic rings. The molecule has 0 aliphatic rings. The van der Waals surface area contributed by atoms with Crippen molar-refractivity contribution in [3.05, 3.63) is 52.1 Å². The van der Waals surface area contributed by atoms with Crippen LogP contribution in [0.1, 0.15) is 25.3 Å². The Balaban J connectivity index is 0.00000280. The average molecular weight is 404 g/mol. The van der Waals surface area contributed by atoms with Gasteiger partial charge in [0.1, 0.15) is 5.39 Å². The second kappa shape index (κ2) is 9.32. The molecule has 0 saturated carbocycles. The molecule has 0 saturated heterocycles. The first kappa shape index (κ1) is 21.4. The van der Waals surface area contributed by atoms with Gasteiger partial charge in [0.2, 0.25) is 0 Å². The van der Waals surface area contributed by atoms with Crippen LogP contribution in [0, 0.1) is 17.0 Å². The zero-order valence-corrected chi connectivity index (χ0v) is 16.5. The maximum absolute atomic E-state index is 11.6. The van der Waals surface area contributed by atoms with E-state index >= 15 is 0 Å². The molecule has 28 heavy (non-hydrogen) atoms. The molecule has 0 aliphatic heterocycles. The van der Waals surface area contributed by atoms with E-state index in [1.165, 1.54) is 6.07 Å². The number of pyridine rings is 1. The minimum atomic E-state index is -0.383. The number of esters is 1. The number of nitrogens with zero attached hydrogens (tertiary/aromatic N) is 2.